The molecule has 1 heterocycles. The lowest BCUT2D eigenvalue weighted by atomic mass is 10.1. The number of sulfone groups is 1. The van der Waals surface area contributed by atoms with Crippen molar-refractivity contribution in [2.75, 3.05) is 18.1 Å². The Kier molecular flexibility index (Phi) is 4.33. The Bertz CT molecular complexity index is 406. The molecule has 0 aromatic carbocycles. The lowest BCUT2D eigenvalue weighted by Crippen LogP contribution is -2.45. The van der Waals surface area contributed by atoms with E-state index in [2.05, 4.69) is 10.6 Å². The van der Waals surface area contributed by atoms with Gasteiger partial charge in [0, 0.05) is 6.54 Å². The van der Waals surface area contributed by atoms with E-state index < -0.39 is 27.9 Å². The number of hydrogen-bond acceptors (Lipinski definition) is 4. The SMILES string of the molecule is CC(NC(=O)NCC1CCS(=O)(=O)C1)C(=O)O. The molecule has 7 nitrogen and oxygen atoms in total. The summed E-state index contributed by atoms with van der Waals surface area (Å²) < 4.78 is 22.3. The standard InChI is InChI=1S/C9H16N2O5S/c1-6(8(12)13)11-9(14)10-4-7-2-3-17(15,16)5-7/h6-7H,2-5H2,1H3,(H,12,13)(H2,10,11,14). The van der Waals surface area contributed by atoms with E-state index in [4.69, 9.17) is 5.11 Å². The minimum Gasteiger partial charge on any atom is -0.480 e. The fraction of sp³-hybridized carbons (Fsp3) is 0.778. The fourth-order valence-electron chi connectivity index (χ4n) is 1.58. The first-order valence-corrected chi connectivity index (χ1v) is 7.10. The van der Waals surface area contributed by atoms with Crippen LogP contribution in [-0.4, -0.2) is 49.6 Å². The van der Waals surface area contributed by atoms with E-state index in [0.29, 0.717) is 6.42 Å². The number of hydrogen-bond donors (Lipinski definition) is 3. The largest absolute Gasteiger partial charge is 0.480 e. The Morgan fingerprint density at radius 3 is 2.59 bits per heavy atom. The van der Waals surface area contributed by atoms with Crippen molar-refractivity contribution in [1.29, 1.82) is 0 Å². The molecule has 8 heteroatoms. The van der Waals surface area contributed by atoms with Gasteiger partial charge in [0.1, 0.15) is 6.04 Å². The maximum absolute atomic E-state index is 11.2. The van der Waals surface area contributed by atoms with E-state index in [1.165, 1.54) is 6.92 Å². The van der Waals surface area contributed by atoms with Crippen molar-refractivity contribution in [3.63, 3.8) is 0 Å². The van der Waals surface area contributed by atoms with Crippen molar-refractivity contribution >= 4 is 21.8 Å². The first kappa shape index (κ1) is 13.8. The van der Waals surface area contributed by atoms with Gasteiger partial charge in [0.2, 0.25) is 0 Å². The van der Waals surface area contributed by atoms with Crippen molar-refractivity contribution in [2.24, 2.45) is 5.92 Å². The molecule has 0 aromatic heterocycles. The van der Waals surface area contributed by atoms with E-state index in [-0.39, 0.29) is 24.0 Å². The first-order valence-electron chi connectivity index (χ1n) is 5.28. The van der Waals surface area contributed by atoms with Crippen molar-refractivity contribution < 1.29 is 23.1 Å². The Balaban J connectivity index is 2.28. The van der Waals surface area contributed by atoms with Crippen LogP contribution in [0.2, 0.25) is 0 Å². The van der Waals surface area contributed by atoms with Crippen molar-refractivity contribution in [1.82, 2.24) is 10.6 Å². The highest BCUT2D eigenvalue weighted by molar-refractivity contribution is 7.91. The normalized spacial score (nSPS) is 23.9. The van der Waals surface area contributed by atoms with Crippen LogP contribution in [0.15, 0.2) is 0 Å². The van der Waals surface area contributed by atoms with Crippen LogP contribution in [0.4, 0.5) is 4.79 Å². The molecule has 2 amide bonds. The molecular formula is C9H16N2O5S. The van der Waals surface area contributed by atoms with E-state index in [1.807, 2.05) is 0 Å². The third-order valence-electron chi connectivity index (χ3n) is 2.60. The highest BCUT2D eigenvalue weighted by Gasteiger charge is 2.28. The topological polar surface area (TPSA) is 113 Å². The van der Waals surface area contributed by atoms with Gasteiger partial charge >= 0.3 is 12.0 Å². The Morgan fingerprint density at radius 1 is 1.47 bits per heavy atom. The third kappa shape index (κ3) is 4.59. The number of urea groups is 1. The van der Waals surface area contributed by atoms with Crippen LogP contribution in [0.5, 0.6) is 0 Å². The van der Waals surface area contributed by atoms with Gasteiger partial charge < -0.3 is 15.7 Å². The van der Waals surface area contributed by atoms with Crippen molar-refractivity contribution in [2.45, 2.75) is 19.4 Å². The molecular weight excluding hydrogens is 248 g/mol. The maximum atomic E-state index is 11.2. The van der Waals surface area contributed by atoms with E-state index in [0.717, 1.165) is 0 Å². The second-order valence-corrected chi connectivity index (χ2v) is 6.41. The monoisotopic (exact) mass is 264 g/mol. The second-order valence-electron chi connectivity index (χ2n) is 4.18. The number of amides is 2. The molecule has 3 N–H and O–H groups in total. The van der Waals surface area contributed by atoms with Gasteiger partial charge in [-0.2, -0.15) is 0 Å². The number of carboxylic acid groups (broad SMARTS) is 1. The predicted octanol–water partition coefficient (Wildman–Crippen LogP) is -0.807. The number of nitrogens with one attached hydrogen (secondary N) is 2. The quantitative estimate of drug-likeness (QED) is 0.615. The van der Waals surface area contributed by atoms with Gasteiger partial charge in [-0.1, -0.05) is 0 Å². The van der Waals surface area contributed by atoms with E-state index in [9.17, 15) is 18.0 Å². The minimum absolute atomic E-state index is 0.0779. The van der Waals surface area contributed by atoms with Gasteiger partial charge in [0.05, 0.1) is 11.5 Å². The molecule has 2 unspecified atom stereocenters. The summed E-state index contributed by atoms with van der Waals surface area (Å²) in [7, 11) is -2.95. The average molecular weight is 264 g/mol. The smallest absolute Gasteiger partial charge is 0.325 e. The van der Waals surface area contributed by atoms with Crippen LogP contribution in [-0.2, 0) is 14.6 Å². The average Bonchev–Trinajstić information content (AvgIpc) is 2.55. The Morgan fingerprint density at radius 2 is 2.12 bits per heavy atom. The predicted molar refractivity (Wildman–Crippen MR) is 60.4 cm³/mol. The maximum Gasteiger partial charge on any atom is 0.325 e. The van der Waals surface area contributed by atoms with Gasteiger partial charge in [0.15, 0.2) is 9.84 Å². The first-order chi connectivity index (χ1) is 7.80. The molecule has 1 aliphatic rings. The van der Waals surface area contributed by atoms with Gasteiger partial charge in [-0.05, 0) is 19.3 Å². The zero-order chi connectivity index (χ0) is 13.1. The van der Waals surface area contributed by atoms with Gasteiger partial charge in [-0.25, -0.2) is 13.2 Å². The molecule has 17 heavy (non-hydrogen) atoms. The summed E-state index contributed by atoms with van der Waals surface area (Å²) in [5.74, 6) is -0.955. The summed E-state index contributed by atoms with van der Waals surface area (Å²) in [6.45, 7) is 1.60. The Hall–Kier alpha value is -1.31. The van der Waals surface area contributed by atoms with Crippen LogP contribution < -0.4 is 10.6 Å². The fourth-order valence-corrected chi connectivity index (χ4v) is 3.44. The van der Waals surface area contributed by atoms with Crippen LogP contribution in [0.3, 0.4) is 0 Å². The van der Waals surface area contributed by atoms with Crippen LogP contribution in [0.1, 0.15) is 13.3 Å². The molecule has 1 rings (SSSR count). The molecule has 1 fully saturated rings. The highest BCUT2D eigenvalue weighted by Crippen LogP contribution is 2.17. The zero-order valence-electron chi connectivity index (χ0n) is 9.47. The lowest BCUT2D eigenvalue weighted by molar-refractivity contribution is -0.138. The molecule has 0 aromatic rings. The molecule has 1 saturated heterocycles. The lowest BCUT2D eigenvalue weighted by Gasteiger charge is -2.12. The van der Waals surface area contributed by atoms with Crippen LogP contribution >= 0.6 is 0 Å². The molecule has 1 aliphatic heterocycles. The van der Waals surface area contributed by atoms with Gasteiger partial charge in [0.25, 0.3) is 0 Å². The summed E-state index contributed by atoms with van der Waals surface area (Å²) in [6, 6.07) is -1.56. The van der Waals surface area contributed by atoms with E-state index >= 15 is 0 Å². The van der Waals surface area contributed by atoms with Crippen LogP contribution in [0.25, 0.3) is 0 Å². The highest BCUT2D eigenvalue weighted by atomic mass is 32.2. The molecule has 0 radical (unpaired) electrons. The summed E-state index contributed by atoms with van der Waals surface area (Å²) in [5.41, 5.74) is 0. The summed E-state index contributed by atoms with van der Waals surface area (Å²) in [4.78, 5) is 21.7. The number of aliphatic carboxylic acids is 1. The molecule has 0 spiro atoms. The molecule has 0 bridgehead atoms. The minimum atomic E-state index is -2.95. The second kappa shape index (κ2) is 5.35. The number of carbonyl (C=O) groups is 2. The Labute approximate surface area is 99.5 Å². The third-order valence-corrected chi connectivity index (χ3v) is 4.43. The molecule has 98 valence electrons. The number of carboxylic acids is 1. The van der Waals surface area contributed by atoms with Crippen LogP contribution in [0, 0.1) is 5.92 Å². The van der Waals surface area contributed by atoms with Gasteiger partial charge in [-0.15, -0.1) is 0 Å². The van der Waals surface area contributed by atoms with Crippen molar-refractivity contribution in [3.05, 3.63) is 0 Å². The zero-order valence-corrected chi connectivity index (χ0v) is 10.3. The number of carbonyl (C=O) groups excluding carboxylic acids is 1. The molecule has 0 aliphatic carbocycles. The summed E-state index contributed by atoms with van der Waals surface area (Å²) in [5, 5.41) is 13.3. The molecule has 2 atom stereocenters. The van der Waals surface area contributed by atoms with Crippen molar-refractivity contribution in [3.8, 4) is 0 Å². The van der Waals surface area contributed by atoms with Gasteiger partial charge in [-0.3, -0.25) is 4.79 Å². The number of rotatable bonds is 4. The summed E-state index contributed by atoms with van der Waals surface area (Å²) >= 11 is 0. The molecule has 0 saturated carbocycles. The summed E-state index contributed by atoms with van der Waals surface area (Å²) in [6.07, 6.45) is 0.539. The van der Waals surface area contributed by atoms with E-state index in [1.54, 1.807) is 0 Å².